The first-order valence-corrected chi connectivity index (χ1v) is 8.95. The minimum Gasteiger partial charge on any atom is -0.306 e. The molecule has 0 atom stereocenters. The van der Waals surface area contributed by atoms with E-state index in [9.17, 15) is 4.79 Å². The van der Waals surface area contributed by atoms with E-state index >= 15 is 0 Å². The fraction of sp³-hybridized carbons (Fsp3) is 0. The van der Waals surface area contributed by atoms with Gasteiger partial charge in [0.1, 0.15) is 6.29 Å². The summed E-state index contributed by atoms with van der Waals surface area (Å²) in [5.74, 6) is 0. The lowest BCUT2D eigenvalue weighted by Gasteiger charge is -2.38. The van der Waals surface area contributed by atoms with Crippen LogP contribution >= 0.6 is 23.5 Å². The summed E-state index contributed by atoms with van der Waals surface area (Å²) in [5, 5.41) is 0. The van der Waals surface area contributed by atoms with Crippen molar-refractivity contribution in [2.24, 2.45) is 0 Å². The van der Waals surface area contributed by atoms with Crippen molar-refractivity contribution in [3.63, 3.8) is 0 Å². The number of carbonyl (C=O) groups is 1. The fourth-order valence-electron chi connectivity index (χ4n) is 3.11. The number of para-hydroxylation sites is 2. The lowest BCUT2D eigenvalue weighted by molar-refractivity contribution is 0.112. The number of rotatable bonds is 1. The van der Waals surface area contributed by atoms with E-state index in [0.717, 1.165) is 21.6 Å². The van der Waals surface area contributed by atoms with Gasteiger partial charge in [-0.15, -0.1) is 0 Å². The monoisotopic (exact) mass is 333 g/mol. The molecule has 0 N–H and O–H groups in total. The molecule has 0 saturated carbocycles. The minimum atomic E-state index is 0.734. The molecule has 5 rings (SSSR count). The van der Waals surface area contributed by atoms with E-state index in [1.165, 1.54) is 26.9 Å². The summed E-state index contributed by atoms with van der Waals surface area (Å²) in [7, 11) is 0. The number of aldehydes is 1. The largest absolute Gasteiger partial charge is 0.306 e. The van der Waals surface area contributed by atoms with Crippen LogP contribution in [-0.4, -0.2) is 6.29 Å². The highest BCUT2D eigenvalue weighted by molar-refractivity contribution is 8.00. The summed E-state index contributed by atoms with van der Waals surface area (Å²) in [5.41, 5.74) is 4.34. The Balaban J connectivity index is 1.86. The van der Waals surface area contributed by atoms with Crippen molar-refractivity contribution in [1.29, 1.82) is 0 Å². The Labute approximate surface area is 142 Å². The van der Waals surface area contributed by atoms with Gasteiger partial charge in [-0.3, -0.25) is 4.79 Å². The highest BCUT2D eigenvalue weighted by Crippen LogP contribution is 2.59. The summed E-state index contributed by atoms with van der Waals surface area (Å²) >= 11 is 3.48. The molecule has 2 aliphatic heterocycles. The zero-order valence-electron chi connectivity index (χ0n) is 12.0. The number of hydrogen-bond acceptors (Lipinski definition) is 4. The van der Waals surface area contributed by atoms with E-state index in [2.05, 4.69) is 53.4 Å². The van der Waals surface area contributed by atoms with Crippen LogP contribution in [0.15, 0.2) is 80.2 Å². The van der Waals surface area contributed by atoms with Crippen LogP contribution in [0.1, 0.15) is 10.4 Å². The van der Waals surface area contributed by atoms with Crippen molar-refractivity contribution in [3.05, 3.63) is 66.2 Å². The SMILES string of the molecule is O=Cc1cc2c3c(c1)Sc1ccccc1N3c1ccccc1S2. The van der Waals surface area contributed by atoms with Crippen LogP contribution in [0.5, 0.6) is 0 Å². The normalized spacial score (nSPS) is 13.8. The van der Waals surface area contributed by atoms with Gasteiger partial charge >= 0.3 is 0 Å². The molecule has 0 amide bonds. The number of anilines is 3. The molecule has 2 heterocycles. The topological polar surface area (TPSA) is 20.3 Å². The Morgan fingerprint density at radius 2 is 1.26 bits per heavy atom. The van der Waals surface area contributed by atoms with Gasteiger partial charge in [0.2, 0.25) is 0 Å². The molecule has 110 valence electrons. The van der Waals surface area contributed by atoms with E-state index in [0.29, 0.717) is 0 Å². The van der Waals surface area contributed by atoms with Crippen LogP contribution in [0.4, 0.5) is 17.1 Å². The lowest BCUT2D eigenvalue weighted by Crippen LogP contribution is -2.19. The number of fused-ring (bicyclic) bond motifs is 4. The Hall–Kier alpha value is -2.17. The maximum Gasteiger partial charge on any atom is 0.150 e. The Morgan fingerprint density at radius 1 is 0.739 bits per heavy atom. The Kier molecular flexibility index (Phi) is 2.84. The van der Waals surface area contributed by atoms with Crippen LogP contribution in [0.3, 0.4) is 0 Å². The second-order valence-corrected chi connectivity index (χ2v) is 7.63. The molecular formula is C19H11NOS2. The van der Waals surface area contributed by atoms with Crippen LogP contribution in [-0.2, 0) is 0 Å². The second-order valence-electron chi connectivity index (χ2n) is 5.46. The van der Waals surface area contributed by atoms with Gasteiger partial charge in [0.25, 0.3) is 0 Å². The van der Waals surface area contributed by atoms with Crippen LogP contribution in [0.25, 0.3) is 0 Å². The molecule has 2 aliphatic rings. The molecule has 0 bridgehead atoms. The van der Waals surface area contributed by atoms with Crippen molar-refractivity contribution in [2.75, 3.05) is 4.90 Å². The van der Waals surface area contributed by atoms with E-state index in [1.807, 2.05) is 12.1 Å². The predicted octanol–water partition coefficient (Wildman–Crippen LogP) is 5.90. The second kappa shape index (κ2) is 4.91. The molecule has 3 aromatic rings. The van der Waals surface area contributed by atoms with Crippen molar-refractivity contribution < 1.29 is 4.79 Å². The average Bonchev–Trinajstić information content (AvgIpc) is 2.61. The Bertz CT molecular complexity index is 897. The first-order valence-electron chi connectivity index (χ1n) is 7.32. The lowest BCUT2D eigenvalue weighted by atomic mass is 10.1. The van der Waals surface area contributed by atoms with Gasteiger partial charge in [-0.25, -0.2) is 0 Å². The predicted molar refractivity (Wildman–Crippen MR) is 94.8 cm³/mol. The van der Waals surface area contributed by atoms with Crippen molar-refractivity contribution >= 4 is 46.9 Å². The summed E-state index contributed by atoms with van der Waals surface area (Å²) < 4.78 is 0. The fourth-order valence-corrected chi connectivity index (χ4v) is 5.46. The highest BCUT2D eigenvalue weighted by atomic mass is 32.2. The van der Waals surface area contributed by atoms with Gasteiger partial charge in [-0.2, -0.15) is 0 Å². The van der Waals surface area contributed by atoms with Crippen LogP contribution in [0, 0.1) is 0 Å². The van der Waals surface area contributed by atoms with Crippen molar-refractivity contribution in [3.8, 4) is 0 Å². The van der Waals surface area contributed by atoms with Gasteiger partial charge in [0, 0.05) is 25.1 Å². The third-order valence-electron chi connectivity index (χ3n) is 4.07. The number of nitrogens with zero attached hydrogens (tertiary/aromatic N) is 1. The zero-order valence-corrected chi connectivity index (χ0v) is 13.7. The minimum absolute atomic E-state index is 0.734. The molecule has 0 radical (unpaired) electrons. The standard InChI is InChI=1S/C19H11NOS2/c21-11-12-9-17-19-18(10-12)23-16-8-4-2-6-14(16)20(19)13-5-1-3-7-15(13)22-17/h1-11H. The summed E-state index contributed by atoms with van der Waals surface area (Å²) in [6.07, 6.45) is 0.934. The molecule has 0 spiro atoms. The summed E-state index contributed by atoms with van der Waals surface area (Å²) in [6.45, 7) is 0. The van der Waals surface area contributed by atoms with Crippen LogP contribution < -0.4 is 4.90 Å². The molecule has 0 fully saturated rings. The van der Waals surface area contributed by atoms with Crippen LogP contribution in [0.2, 0.25) is 0 Å². The molecule has 0 aromatic heterocycles. The number of benzene rings is 3. The molecule has 0 unspecified atom stereocenters. The number of carbonyl (C=O) groups excluding carboxylic acids is 1. The van der Waals surface area contributed by atoms with E-state index in [1.54, 1.807) is 23.5 Å². The van der Waals surface area contributed by atoms with Gasteiger partial charge in [-0.05, 0) is 36.4 Å². The third-order valence-corrected chi connectivity index (χ3v) is 6.27. The van der Waals surface area contributed by atoms with E-state index in [-0.39, 0.29) is 0 Å². The van der Waals surface area contributed by atoms with Gasteiger partial charge in [0.15, 0.2) is 0 Å². The summed E-state index contributed by atoms with van der Waals surface area (Å²) in [6, 6.07) is 20.9. The summed E-state index contributed by atoms with van der Waals surface area (Å²) in [4.78, 5) is 18.4. The molecule has 3 aromatic carbocycles. The average molecular weight is 333 g/mol. The highest BCUT2D eigenvalue weighted by Gasteiger charge is 2.32. The Morgan fingerprint density at radius 3 is 1.78 bits per heavy atom. The first kappa shape index (κ1) is 13.3. The molecule has 0 aliphatic carbocycles. The quantitative estimate of drug-likeness (QED) is 0.356. The smallest absolute Gasteiger partial charge is 0.150 e. The molecule has 4 heteroatoms. The molecule has 2 nitrogen and oxygen atoms in total. The first-order chi connectivity index (χ1) is 11.3. The van der Waals surface area contributed by atoms with Crippen molar-refractivity contribution in [1.82, 2.24) is 0 Å². The molecule has 23 heavy (non-hydrogen) atoms. The van der Waals surface area contributed by atoms with Gasteiger partial charge < -0.3 is 4.90 Å². The molecule has 0 saturated heterocycles. The van der Waals surface area contributed by atoms with Gasteiger partial charge in [0.05, 0.1) is 17.1 Å². The molecular weight excluding hydrogens is 322 g/mol. The number of hydrogen-bond donors (Lipinski definition) is 0. The van der Waals surface area contributed by atoms with Crippen molar-refractivity contribution in [2.45, 2.75) is 19.6 Å². The maximum absolute atomic E-state index is 11.3. The van der Waals surface area contributed by atoms with E-state index < -0.39 is 0 Å². The third kappa shape index (κ3) is 1.89. The van der Waals surface area contributed by atoms with Gasteiger partial charge in [-0.1, -0.05) is 47.8 Å². The maximum atomic E-state index is 11.3. The zero-order chi connectivity index (χ0) is 15.4. The van der Waals surface area contributed by atoms with E-state index in [4.69, 9.17) is 0 Å².